The molecule has 2 atom stereocenters. The zero-order chi connectivity index (χ0) is 64.7. The molecule has 14 aromatic carbocycles. The van der Waals surface area contributed by atoms with Crippen molar-refractivity contribution < 1.29 is 0 Å². The number of rotatable bonds is 9. The Morgan fingerprint density at radius 1 is 0.281 bits per heavy atom. The first-order valence-corrected chi connectivity index (χ1v) is 35.3. The minimum Gasteiger partial charge on any atom is -0.308 e. The van der Waals surface area contributed by atoms with Crippen LogP contribution in [0.1, 0.15) is 150 Å². The number of nitrogens with zero attached hydrogens (tertiary/aromatic N) is 2. The molecule has 0 spiro atoms. The number of aromatic nitrogens is 2. The lowest BCUT2D eigenvalue weighted by atomic mass is 9.78. The van der Waals surface area contributed by atoms with Gasteiger partial charge in [-0.05, 0) is 241 Å². The lowest BCUT2D eigenvalue weighted by molar-refractivity contribution is 0.574. The normalized spacial score (nSPS) is 14.9. The van der Waals surface area contributed by atoms with Gasteiger partial charge in [0.1, 0.15) is 0 Å². The van der Waals surface area contributed by atoms with Crippen molar-refractivity contribution in [2.75, 3.05) is 0 Å². The van der Waals surface area contributed by atoms with E-state index in [1.165, 1.54) is 208 Å². The average molecular weight is 1230 g/mol. The van der Waals surface area contributed by atoms with Crippen LogP contribution in [0.4, 0.5) is 0 Å². The molecule has 0 N–H and O–H groups in total. The maximum Gasteiger partial charge on any atom is 0.0620 e. The zero-order valence-electron chi connectivity index (χ0n) is 56.6. The van der Waals surface area contributed by atoms with Crippen LogP contribution in [0.5, 0.6) is 0 Å². The fraction of sp³-hybridized carbons (Fsp3) is 0.191. The molecule has 462 valence electrons. The van der Waals surface area contributed by atoms with E-state index in [4.69, 9.17) is 0 Å². The second-order valence-electron chi connectivity index (χ2n) is 30.9. The second-order valence-corrected chi connectivity index (χ2v) is 30.9. The zero-order valence-corrected chi connectivity index (χ0v) is 56.6. The Morgan fingerprint density at radius 3 is 1.09 bits per heavy atom. The summed E-state index contributed by atoms with van der Waals surface area (Å²) in [5.41, 5.74) is 29.4. The van der Waals surface area contributed by atoms with Crippen molar-refractivity contribution in [3.05, 3.63) is 275 Å². The molecule has 4 aromatic heterocycles. The maximum absolute atomic E-state index is 2.59. The molecule has 2 aliphatic rings. The molecule has 20 rings (SSSR count). The lowest BCUT2D eigenvalue weighted by Crippen LogP contribution is -2.16. The van der Waals surface area contributed by atoms with Crippen molar-refractivity contribution in [3.63, 3.8) is 0 Å². The van der Waals surface area contributed by atoms with E-state index in [1.807, 2.05) is 0 Å². The SMILES string of the molecule is CC(C)c1ccc2cc3c(cc2c1)c1cc(-c2cccc4c2-c2ccccc2C4(C)C)cc2c4cc5cc(C(C)CCC(C)c6ccc7cc8c(cc7c6)c6cc(-c7cccc9c7C(C)(C)c7ccccc7-9)cc7c9cc%10cc(C(C)C)ccc%10cc9n8c76)ccc5cc4n3c12. The molecule has 0 saturated carbocycles. The van der Waals surface area contributed by atoms with Crippen LogP contribution in [0.15, 0.2) is 231 Å². The highest BCUT2D eigenvalue weighted by molar-refractivity contribution is 6.29. The Bertz CT molecular complexity index is 6430. The van der Waals surface area contributed by atoms with Gasteiger partial charge in [-0.3, -0.25) is 0 Å². The van der Waals surface area contributed by atoms with Gasteiger partial charge in [0.2, 0.25) is 0 Å². The van der Waals surface area contributed by atoms with Crippen LogP contribution >= 0.6 is 0 Å². The van der Waals surface area contributed by atoms with Crippen molar-refractivity contribution in [2.45, 2.75) is 117 Å². The predicted molar refractivity (Wildman–Crippen MR) is 412 cm³/mol. The van der Waals surface area contributed by atoms with Crippen LogP contribution in [0.3, 0.4) is 0 Å². The molecule has 96 heavy (non-hydrogen) atoms. The van der Waals surface area contributed by atoms with Gasteiger partial charge in [-0.25, -0.2) is 0 Å². The van der Waals surface area contributed by atoms with Crippen LogP contribution < -0.4 is 0 Å². The van der Waals surface area contributed by atoms with E-state index in [9.17, 15) is 0 Å². The smallest absolute Gasteiger partial charge is 0.0620 e. The molecule has 2 heteroatoms. The van der Waals surface area contributed by atoms with Crippen LogP contribution in [-0.4, -0.2) is 8.80 Å². The number of benzene rings is 14. The van der Waals surface area contributed by atoms with E-state index < -0.39 is 0 Å². The summed E-state index contributed by atoms with van der Waals surface area (Å²) in [4.78, 5) is 0. The van der Waals surface area contributed by atoms with Crippen molar-refractivity contribution in [2.24, 2.45) is 0 Å². The monoisotopic (exact) mass is 1230 g/mol. The average Bonchev–Trinajstić information content (AvgIpc) is 1.54. The van der Waals surface area contributed by atoms with Crippen LogP contribution in [0.25, 0.3) is 164 Å². The van der Waals surface area contributed by atoms with Crippen molar-refractivity contribution >= 4 is 119 Å². The largest absolute Gasteiger partial charge is 0.308 e. The minimum absolute atomic E-state index is 0.0819. The first-order chi connectivity index (χ1) is 46.5. The highest BCUT2D eigenvalue weighted by atomic mass is 14.9. The van der Waals surface area contributed by atoms with Crippen molar-refractivity contribution in [3.8, 4) is 44.5 Å². The second kappa shape index (κ2) is 19.7. The van der Waals surface area contributed by atoms with Gasteiger partial charge in [0.15, 0.2) is 0 Å². The van der Waals surface area contributed by atoms with Gasteiger partial charge >= 0.3 is 0 Å². The summed E-state index contributed by atoms with van der Waals surface area (Å²) in [6.07, 6.45) is 2.19. The quantitative estimate of drug-likeness (QED) is 0.136. The van der Waals surface area contributed by atoms with Gasteiger partial charge in [-0.15, -0.1) is 0 Å². The van der Waals surface area contributed by atoms with Gasteiger partial charge in [0.05, 0.1) is 33.1 Å². The van der Waals surface area contributed by atoms with E-state index in [1.54, 1.807) is 0 Å². The lowest BCUT2D eigenvalue weighted by Gasteiger charge is -2.24. The Morgan fingerprint density at radius 2 is 0.635 bits per heavy atom. The predicted octanol–water partition coefficient (Wildman–Crippen LogP) is 26.5. The van der Waals surface area contributed by atoms with Crippen LogP contribution in [0.2, 0.25) is 0 Å². The summed E-state index contributed by atoms with van der Waals surface area (Å²) in [6, 6.07) is 91.0. The van der Waals surface area contributed by atoms with Crippen molar-refractivity contribution in [1.29, 1.82) is 0 Å². The number of hydrogen-bond donors (Lipinski definition) is 0. The first kappa shape index (κ1) is 56.1. The number of fused-ring (bicyclic) bond motifs is 22. The molecule has 2 nitrogen and oxygen atoms in total. The van der Waals surface area contributed by atoms with E-state index >= 15 is 0 Å². The molecule has 0 bridgehead atoms. The third kappa shape index (κ3) is 7.70. The molecule has 0 saturated heterocycles. The molecule has 0 amide bonds. The van der Waals surface area contributed by atoms with E-state index in [-0.39, 0.29) is 10.8 Å². The maximum atomic E-state index is 2.59. The molecule has 4 heterocycles. The summed E-state index contributed by atoms with van der Waals surface area (Å²) in [5, 5.41) is 20.9. The third-order valence-corrected chi connectivity index (χ3v) is 24.0. The fourth-order valence-electron chi connectivity index (χ4n) is 18.7. The number of hydrogen-bond acceptors (Lipinski definition) is 0. The van der Waals surface area contributed by atoms with Gasteiger partial charge in [0, 0.05) is 53.9 Å². The standard InChI is InChI=1S/C94H76N2/c1-51(2)55-27-31-59-47-85-74(39-63(59)35-55)78-43-67(69-19-16-24-84-89(69)73-18-12-14-23-83(73)93(84,7)8)44-79-76-41-65-37-57(29-33-61(65)49-87(76)95(85)91(78)79)53(5)25-26-54(6)58-30-34-62-50-88-77(42-66(62)38-58)81-46-68(70-20-15-21-72-71-17-11-13-22-82(71)94(9,10)90(70)72)45-80-75-40-64-36-56(52(3)4)28-32-60(64)48-86(75)96(88)92(80)81/h11-24,27-54H,25-26H2,1-10H3. The van der Waals surface area contributed by atoms with Crippen molar-refractivity contribution in [1.82, 2.24) is 8.80 Å². The molecule has 0 radical (unpaired) electrons. The van der Waals surface area contributed by atoms with Crippen LogP contribution in [-0.2, 0) is 10.8 Å². The minimum atomic E-state index is -0.137. The Kier molecular flexibility index (Phi) is 11.5. The molecule has 18 aromatic rings. The van der Waals surface area contributed by atoms with Crippen LogP contribution in [0, 0.1) is 0 Å². The molecule has 0 fully saturated rings. The third-order valence-electron chi connectivity index (χ3n) is 24.0. The molecular weight excluding hydrogens is 1160 g/mol. The highest BCUT2D eigenvalue weighted by Gasteiger charge is 2.39. The summed E-state index contributed by atoms with van der Waals surface area (Å²) in [5.74, 6) is 1.69. The first-order valence-electron chi connectivity index (χ1n) is 35.3. The molecule has 2 aliphatic carbocycles. The van der Waals surface area contributed by atoms with Gasteiger partial charge < -0.3 is 8.80 Å². The topological polar surface area (TPSA) is 8.82 Å². The highest BCUT2D eigenvalue weighted by Crippen LogP contribution is 2.56. The summed E-state index contributed by atoms with van der Waals surface area (Å²) < 4.78 is 5.19. The molecule has 2 unspecified atom stereocenters. The van der Waals surface area contributed by atoms with E-state index in [2.05, 4.69) is 309 Å². The van der Waals surface area contributed by atoms with E-state index in [0.717, 1.165) is 12.8 Å². The van der Waals surface area contributed by atoms with Gasteiger partial charge in [0.25, 0.3) is 0 Å². The Labute approximate surface area is 560 Å². The summed E-state index contributed by atoms with van der Waals surface area (Å²) in [6.45, 7) is 23.7. The molecular formula is C94H76N2. The summed E-state index contributed by atoms with van der Waals surface area (Å²) in [7, 11) is 0. The molecule has 0 aliphatic heterocycles. The van der Waals surface area contributed by atoms with Gasteiger partial charge in [-0.2, -0.15) is 0 Å². The Balaban J connectivity index is 0.669. The fourth-order valence-corrected chi connectivity index (χ4v) is 18.7. The Hall–Kier alpha value is -10.3. The summed E-state index contributed by atoms with van der Waals surface area (Å²) >= 11 is 0. The van der Waals surface area contributed by atoms with E-state index in [0.29, 0.717) is 23.7 Å². The van der Waals surface area contributed by atoms with Gasteiger partial charge in [-0.1, -0.05) is 227 Å².